The summed E-state index contributed by atoms with van der Waals surface area (Å²) in [4.78, 5) is 24.7. The third-order valence-electron chi connectivity index (χ3n) is 6.76. The Morgan fingerprint density at radius 1 is 1.18 bits per heavy atom. The molecule has 1 N–H and O–H groups in total. The molecule has 34 heavy (non-hydrogen) atoms. The van der Waals surface area contributed by atoms with E-state index < -0.39 is 11.7 Å². The van der Waals surface area contributed by atoms with Crippen LogP contribution >= 0.6 is 11.6 Å². The number of aromatic nitrogens is 5. The summed E-state index contributed by atoms with van der Waals surface area (Å²) in [5.74, 6) is 0.559. The van der Waals surface area contributed by atoms with Crippen LogP contribution in [0.2, 0.25) is 5.02 Å². The Morgan fingerprint density at radius 2 is 1.85 bits per heavy atom. The van der Waals surface area contributed by atoms with E-state index in [0.717, 1.165) is 25.2 Å². The molecule has 2 saturated heterocycles. The number of benzene rings is 1. The Labute approximate surface area is 198 Å². The maximum absolute atomic E-state index is 13.8. The summed E-state index contributed by atoms with van der Waals surface area (Å²) in [6, 6.07) is 4.87. The minimum Gasteiger partial charge on any atom is -0.352 e. The molecule has 12 heteroatoms. The molecule has 3 aliphatic rings. The van der Waals surface area contributed by atoms with Crippen LogP contribution in [0.4, 0.5) is 19.1 Å². The fourth-order valence-electron chi connectivity index (χ4n) is 4.82. The van der Waals surface area contributed by atoms with E-state index in [0.29, 0.717) is 28.7 Å². The standard InChI is InChI=1S/C22H21ClF3N7O/c1-12-13-6-16(7-13)32(19(12)11-29-21-27-9-14(10-28-21)22(24,25)26)20(34)17-8-15(23)2-3-18(17)33-30-4-5-31-33/h2-5,8-10,12-13,16,19H,6-7,11H2,1H3,(H,27,28,29). The maximum atomic E-state index is 13.8. The molecule has 2 bridgehead atoms. The number of hydrogen-bond acceptors (Lipinski definition) is 6. The molecule has 1 aromatic carbocycles. The van der Waals surface area contributed by atoms with E-state index in [9.17, 15) is 18.0 Å². The Hall–Kier alpha value is -3.21. The molecule has 1 aliphatic carbocycles. The molecule has 6 rings (SSSR count). The van der Waals surface area contributed by atoms with Crippen molar-refractivity contribution in [3.8, 4) is 5.69 Å². The number of carbonyl (C=O) groups excluding carboxylic acids is 1. The highest BCUT2D eigenvalue weighted by atomic mass is 35.5. The van der Waals surface area contributed by atoms with E-state index in [1.807, 2.05) is 4.90 Å². The van der Waals surface area contributed by atoms with Gasteiger partial charge in [-0.05, 0) is 42.9 Å². The van der Waals surface area contributed by atoms with Crippen molar-refractivity contribution in [3.05, 3.63) is 59.1 Å². The molecule has 3 aromatic rings. The molecule has 3 fully saturated rings. The van der Waals surface area contributed by atoms with Crippen LogP contribution < -0.4 is 5.32 Å². The summed E-state index contributed by atoms with van der Waals surface area (Å²) < 4.78 is 38.4. The van der Waals surface area contributed by atoms with Gasteiger partial charge in [-0.2, -0.15) is 28.2 Å². The van der Waals surface area contributed by atoms with Gasteiger partial charge < -0.3 is 10.2 Å². The zero-order valence-corrected chi connectivity index (χ0v) is 18.8. The highest BCUT2D eigenvalue weighted by molar-refractivity contribution is 6.31. The molecular weight excluding hydrogens is 471 g/mol. The quantitative estimate of drug-likeness (QED) is 0.578. The summed E-state index contributed by atoms with van der Waals surface area (Å²) in [5.41, 5.74) is -0.00818. The Morgan fingerprint density at radius 3 is 2.50 bits per heavy atom. The van der Waals surface area contributed by atoms with Crippen LogP contribution in [-0.4, -0.2) is 54.4 Å². The van der Waals surface area contributed by atoms with Crippen molar-refractivity contribution >= 4 is 23.5 Å². The average Bonchev–Trinajstić information content (AvgIpc) is 3.31. The van der Waals surface area contributed by atoms with Gasteiger partial charge in [0.15, 0.2) is 0 Å². The topological polar surface area (TPSA) is 88.8 Å². The summed E-state index contributed by atoms with van der Waals surface area (Å²) in [7, 11) is 0. The molecule has 8 nitrogen and oxygen atoms in total. The number of fused-ring (bicyclic) bond motifs is 2. The second kappa shape index (κ2) is 8.53. The van der Waals surface area contributed by atoms with E-state index in [2.05, 4.69) is 32.4 Å². The van der Waals surface area contributed by atoms with Gasteiger partial charge in [-0.3, -0.25) is 4.79 Å². The zero-order chi connectivity index (χ0) is 24.0. The fourth-order valence-corrected chi connectivity index (χ4v) is 4.99. The van der Waals surface area contributed by atoms with Crippen molar-refractivity contribution in [2.75, 3.05) is 11.9 Å². The van der Waals surface area contributed by atoms with E-state index in [1.54, 1.807) is 18.2 Å². The molecule has 2 unspecified atom stereocenters. The van der Waals surface area contributed by atoms with Gasteiger partial charge in [0.2, 0.25) is 5.95 Å². The Balaban J connectivity index is 1.40. The second-order valence-corrected chi connectivity index (χ2v) is 9.11. The Kier molecular flexibility index (Phi) is 5.67. The van der Waals surface area contributed by atoms with Crippen LogP contribution in [0, 0.1) is 11.8 Å². The predicted octanol–water partition coefficient (Wildman–Crippen LogP) is 4.08. The Bertz CT molecular complexity index is 1180. The number of halogens is 4. The fraction of sp³-hybridized carbons (Fsp3) is 0.409. The highest BCUT2D eigenvalue weighted by Crippen LogP contribution is 2.47. The number of alkyl halides is 3. The minimum absolute atomic E-state index is 0.0754. The van der Waals surface area contributed by atoms with Gasteiger partial charge in [0.1, 0.15) is 0 Å². The maximum Gasteiger partial charge on any atom is 0.419 e. The van der Waals surface area contributed by atoms with Crippen molar-refractivity contribution in [1.82, 2.24) is 29.9 Å². The molecule has 178 valence electrons. The molecular formula is C22H21ClF3N7O. The predicted molar refractivity (Wildman–Crippen MR) is 118 cm³/mol. The third kappa shape index (κ3) is 4.08. The van der Waals surface area contributed by atoms with Crippen LogP contribution in [0.25, 0.3) is 5.69 Å². The normalized spacial score (nSPS) is 24.0. The highest BCUT2D eigenvalue weighted by Gasteiger charge is 2.50. The van der Waals surface area contributed by atoms with Crippen molar-refractivity contribution in [1.29, 1.82) is 0 Å². The van der Waals surface area contributed by atoms with Crippen LogP contribution in [0.15, 0.2) is 43.0 Å². The van der Waals surface area contributed by atoms with Crippen LogP contribution in [0.3, 0.4) is 0 Å². The van der Waals surface area contributed by atoms with Gasteiger partial charge in [-0.15, -0.1) is 0 Å². The van der Waals surface area contributed by atoms with E-state index in [1.165, 1.54) is 17.2 Å². The van der Waals surface area contributed by atoms with Crippen LogP contribution in [0.5, 0.6) is 0 Å². The van der Waals surface area contributed by atoms with E-state index in [-0.39, 0.29) is 29.9 Å². The summed E-state index contributed by atoms with van der Waals surface area (Å²) in [5, 5.41) is 11.7. The average molecular weight is 492 g/mol. The number of amides is 1. The summed E-state index contributed by atoms with van der Waals surface area (Å²) >= 11 is 6.23. The first-order chi connectivity index (χ1) is 16.2. The molecule has 2 atom stereocenters. The number of piperidine rings is 2. The molecule has 1 amide bonds. The van der Waals surface area contributed by atoms with Gasteiger partial charge in [-0.25, -0.2) is 9.97 Å². The lowest BCUT2D eigenvalue weighted by Crippen LogP contribution is -2.64. The second-order valence-electron chi connectivity index (χ2n) is 8.68. The lowest BCUT2D eigenvalue weighted by molar-refractivity contribution is -0.138. The first-order valence-corrected chi connectivity index (χ1v) is 11.2. The van der Waals surface area contributed by atoms with Gasteiger partial charge in [0.25, 0.3) is 5.91 Å². The number of rotatable bonds is 5. The van der Waals surface area contributed by atoms with Gasteiger partial charge in [0.05, 0.1) is 35.2 Å². The van der Waals surface area contributed by atoms with Gasteiger partial charge in [-0.1, -0.05) is 18.5 Å². The lowest BCUT2D eigenvalue weighted by atomic mass is 9.64. The van der Waals surface area contributed by atoms with Crippen molar-refractivity contribution in [2.24, 2.45) is 11.8 Å². The lowest BCUT2D eigenvalue weighted by Gasteiger charge is -2.57. The van der Waals surface area contributed by atoms with Crippen LogP contribution in [0.1, 0.15) is 35.7 Å². The molecule has 2 aliphatic heterocycles. The first-order valence-electron chi connectivity index (χ1n) is 10.8. The molecule has 1 saturated carbocycles. The minimum atomic E-state index is -4.50. The summed E-state index contributed by atoms with van der Waals surface area (Å²) in [6.07, 6.45) is 1.87. The molecule has 4 heterocycles. The number of nitrogens with one attached hydrogen (secondary N) is 1. The number of nitrogens with zero attached hydrogens (tertiary/aromatic N) is 6. The number of carbonyl (C=O) groups is 1. The zero-order valence-electron chi connectivity index (χ0n) is 18.1. The summed E-state index contributed by atoms with van der Waals surface area (Å²) in [6.45, 7) is 2.40. The van der Waals surface area contributed by atoms with E-state index in [4.69, 9.17) is 11.6 Å². The monoisotopic (exact) mass is 491 g/mol. The number of hydrogen-bond donors (Lipinski definition) is 1. The first kappa shape index (κ1) is 22.6. The smallest absolute Gasteiger partial charge is 0.352 e. The van der Waals surface area contributed by atoms with Gasteiger partial charge >= 0.3 is 6.18 Å². The largest absolute Gasteiger partial charge is 0.419 e. The SMILES string of the molecule is CC1C2CC(C2)N(C(=O)c2cc(Cl)ccc2-n2nccn2)C1CNc1ncc(C(F)(F)F)cn1. The van der Waals surface area contributed by atoms with E-state index >= 15 is 0 Å². The molecule has 2 aromatic heterocycles. The van der Waals surface area contributed by atoms with Crippen molar-refractivity contribution in [2.45, 2.75) is 38.0 Å². The number of anilines is 1. The van der Waals surface area contributed by atoms with Gasteiger partial charge in [0, 0.05) is 30.0 Å². The molecule has 0 radical (unpaired) electrons. The van der Waals surface area contributed by atoms with Crippen molar-refractivity contribution < 1.29 is 18.0 Å². The molecule has 0 spiro atoms. The third-order valence-corrected chi connectivity index (χ3v) is 6.99. The van der Waals surface area contributed by atoms with Crippen molar-refractivity contribution in [3.63, 3.8) is 0 Å². The van der Waals surface area contributed by atoms with Crippen LogP contribution in [-0.2, 0) is 6.18 Å².